The average Bonchev–Trinajstić information content (AvgIpc) is 2.85. The zero-order chi connectivity index (χ0) is 9.14. The molecule has 0 saturated heterocycles. The van der Waals surface area contributed by atoms with Gasteiger partial charge in [0.15, 0.2) is 12.2 Å². The number of carbonyl (C=O) groups is 2. The molecule has 0 unspecified atom stereocenters. The molecule has 0 N–H and O–H groups in total. The summed E-state index contributed by atoms with van der Waals surface area (Å²) in [6, 6.07) is 0. The number of hydrogen-bond acceptors (Lipinski definition) is 8. The Labute approximate surface area is 128 Å². The molecule has 0 aliphatic heterocycles. The van der Waals surface area contributed by atoms with Crippen LogP contribution in [0.1, 0.15) is 0 Å². The fourth-order valence-electron chi connectivity index (χ4n) is 0.155. The van der Waals surface area contributed by atoms with Crippen molar-refractivity contribution in [3.05, 3.63) is 0 Å². The SMILES string of the molecule is O=C([O-])n1ss1.O=C([O-])n1ss1.[Mo].[S-2].[S-2]. The van der Waals surface area contributed by atoms with Crippen LogP contribution in [0.4, 0.5) is 9.59 Å². The molecule has 0 saturated carbocycles. The Morgan fingerprint density at radius 1 is 0.800 bits per heavy atom. The number of hydrogen-bond donors (Lipinski definition) is 0. The van der Waals surface area contributed by atoms with Gasteiger partial charge in [0, 0.05) is 63.2 Å². The molecule has 0 radical (unpaired) electrons. The predicted molar refractivity (Wildman–Crippen MR) is 56.7 cm³/mol. The molecule has 0 aliphatic carbocycles. The summed E-state index contributed by atoms with van der Waals surface area (Å²) < 4.78 is 2.11. The predicted octanol–water partition coefficient (Wildman–Crippen LogP) is -0.402. The van der Waals surface area contributed by atoms with Gasteiger partial charge in [-0.05, 0) is 0 Å². The number of aromatic nitrogens is 2. The smallest absolute Gasteiger partial charge is 0.168 e. The Morgan fingerprint density at radius 2 is 1.00 bits per heavy atom. The van der Waals surface area contributed by atoms with Gasteiger partial charge in [0.25, 0.3) is 0 Å². The fourth-order valence-corrected chi connectivity index (χ4v) is 1.40. The molecule has 6 nitrogen and oxygen atoms in total. The van der Waals surface area contributed by atoms with Crippen LogP contribution in [0.3, 0.4) is 0 Å². The Balaban J connectivity index is -0.000000160. The van der Waals surface area contributed by atoms with Crippen molar-refractivity contribution in [3.63, 3.8) is 0 Å². The summed E-state index contributed by atoms with van der Waals surface area (Å²) in [4.78, 5) is 19.1. The van der Waals surface area contributed by atoms with Crippen molar-refractivity contribution in [3.8, 4) is 0 Å². The van der Waals surface area contributed by atoms with E-state index < -0.39 is 12.2 Å². The maximum absolute atomic E-state index is 9.53. The van der Waals surface area contributed by atoms with Crippen LogP contribution in [0.25, 0.3) is 0 Å². The zero-order valence-corrected chi connectivity index (χ0v) is 13.3. The normalized spacial score (nSPS) is 7.47. The molecule has 90 valence electrons. The topological polar surface area (TPSA) is 90.1 Å². The second-order valence-corrected chi connectivity index (χ2v) is 5.65. The maximum Gasteiger partial charge on any atom is 0.168 e. The van der Waals surface area contributed by atoms with Crippen molar-refractivity contribution in [1.29, 1.82) is 0 Å². The summed E-state index contributed by atoms with van der Waals surface area (Å²) >= 11 is 0. The minimum Gasteiger partial charge on any atom is -2.00 e. The van der Waals surface area contributed by atoms with E-state index >= 15 is 0 Å². The standard InChI is InChI=1S/2CHNO2S2.Mo.2S/c2*3-1(4)2-5-6-2;;;/h2*(H,3,4);;;/q;;;2*-2/p-2. The van der Waals surface area contributed by atoms with Crippen LogP contribution in [-0.4, -0.2) is 18.9 Å². The molecule has 2 aromatic rings. The molecular formula is C2MoN2O4S6-6. The Morgan fingerprint density at radius 3 is 1.00 bits per heavy atom. The second-order valence-electron chi connectivity index (χ2n) is 1.34. The first kappa shape index (κ1) is 21.1. The second kappa shape index (κ2) is 9.99. The molecule has 0 spiro atoms. The molecule has 0 fully saturated rings. The monoisotopic (exact) mass is 406 g/mol. The van der Waals surface area contributed by atoms with E-state index in [4.69, 9.17) is 0 Å². The number of rotatable bonds is 0. The van der Waals surface area contributed by atoms with E-state index in [-0.39, 0.29) is 48.1 Å². The van der Waals surface area contributed by atoms with Crippen LogP contribution >= 0.6 is 42.1 Å². The summed E-state index contributed by atoms with van der Waals surface area (Å²) in [6.45, 7) is 0. The molecule has 2 heterocycles. The third-order valence-corrected chi connectivity index (χ3v) is 3.58. The van der Waals surface area contributed by atoms with Crippen molar-refractivity contribution in [1.82, 2.24) is 6.69 Å². The van der Waals surface area contributed by atoms with Gasteiger partial charge < -0.3 is 46.8 Å². The van der Waals surface area contributed by atoms with E-state index in [1.54, 1.807) is 0 Å². The van der Waals surface area contributed by atoms with Gasteiger partial charge >= 0.3 is 0 Å². The van der Waals surface area contributed by atoms with Gasteiger partial charge in [0.1, 0.15) is 0 Å². The third kappa shape index (κ3) is 11.1. The molecule has 0 amide bonds. The van der Waals surface area contributed by atoms with Gasteiger partial charge in [0.05, 0.1) is 0 Å². The number of nitrogens with zero attached hydrogens (tertiary/aromatic N) is 2. The minimum atomic E-state index is -1.12. The van der Waals surface area contributed by atoms with Crippen molar-refractivity contribution in [2.24, 2.45) is 0 Å². The van der Waals surface area contributed by atoms with Crippen molar-refractivity contribution >= 4 is 81.3 Å². The molecule has 0 bridgehead atoms. The summed E-state index contributed by atoms with van der Waals surface area (Å²) in [5.41, 5.74) is 0. The van der Waals surface area contributed by atoms with Crippen LogP contribution in [0.2, 0.25) is 0 Å². The van der Waals surface area contributed by atoms with Crippen molar-refractivity contribution in [2.75, 3.05) is 0 Å². The quantitative estimate of drug-likeness (QED) is 0.441. The molecule has 15 heavy (non-hydrogen) atoms. The van der Waals surface area contributed by atoms with Crippen LogP contribution in [0, 0.1) is 0 Å². The molecular weight excluding hydrogens is 404 g/mol. The van der Waals surface area contributed by atoms with Crippen LogP contribution in [-0.2, 0) is 48.1 Å². The molecule has 13 heteroatoms. The molecule has 0 aliphatic rings. The van der Waals surface area contributed by atoms with E-state index in [1.165, 1.54) is 0 Å². The molecule has 2 rings (SSSR count). The van der Waals surface area contributed by atoms with Crippen molar-refractivity contribution < 1.29 is 40.9 Å². The Bertz CT molecular complexity index is 299. The van der Waals surface area contributed by atoms with E-state index in [2.05, 4.69) is 0 Å². The van der Waals surface area contributed by atoms with Crippen LogP contribution < -0.4 is 10.2 Å². The first-order chi connectivity index (χ1) is 5.61. The van der Waals surface area contributed by atoms with Crippen LogP contribution in [0.15, 0.2) is 0 Å². The Kier molecular flexibility index (Phi) is 14.1. The van der Waals surface area contributed by atoms with Gasteiger partial charge in [-0.15, -0.1) is 0 Å². The third-order valence-electron chi connectivity index (χ3n) is 0.596. The van der Waals surface area contributed by atoms with E-state index in [0.29, 0.717) is 0 Å². The van der Waals surface area contributed by atoms with E-state index in [0.717, 1.165) is 48.8 Å². The largest absolute Gasteiger partial charge is 2.00 e. The van der Waals surface area contributed by atoms with E-state index in [9.17, 15) is 19.8 Å². The zero-order valence-electron chi connectivity index (χ0n) is 6.39. The Hall–Kier alpha value is 0.808. The van der Waals surface area contributed by atoms with Gasteiger partial charge in [-0.3, -0.25) is 0 Å². The minimum absolute atomic E-state index is 0. The molecule has 2 aromatic heterocycles. The summed E-state index contributed by atoms with van der Waals surface area (Å²) in [7, 11) is 4.66. The van der Waals surface area contributed by atoms with Crippen molar-refractivity contribution in [2.45, 2.75) is 0 Å². The van der Waals surface area contributed by atoms with Gasteiger partial charge in [-0.25, -0.2) is 0 Å². The van der Waals surface area contributed by atoms with Gasteiger partial charge in [-0.1, -0.05) is 0 Å². The molecule has 0 atom stereocenters. The summed E-state index contributed by atoms with van der Waals surface area (Å²) in [6.07, 6.45) is -2.24. The first-order valence-electron chi connectivity index (χ1n) is 2.33. The fraction of sp³-hybridized carbons (Fsp3) is 0. The summed E-state index contributed by atoms with van der Waals surface area (Å²) in [5, 5.41) is 19.1. The number of carbonyl (C=O) groups excluding carboxylic acids is 2. The summed E-state index contributed by atoms with van der Waals surface area (Å²) in [5.74, 6) is 0. The molecule has 0 aromatic carbocycles. The first-order valence-corrected chi connectivity index (χ1v) is 6.45. The number of carboxylic acid groups (broad SMARTS) is 2. The van der Waals surface area contributed by atoms with E-state index in [1.807, 2.05) is 0 Å². The van der Waals surface area contributed by atoms with Gasteiger partial charge in [-0.2, -0.15) is 6.69 Å². The average molecular weight is 404 g/mol. The van der Waals surface area contributed by atoms with Gasteiger partial charge in [0.2, 0.25) is 0 Å². The van der Waals surface area contributed by atoms with Crippen LogP contribution in [0.5, 0.6) is 0 Å². The maximum atomic E-state index is 9.53.